The Hall–Kier alpha value is -3.63. The van der Waals surface area contributed by atoms with Gasteiger partial charge in [0.15, 0.2) is 5.78 Å². The third kappa shape index (κ3) is 4.66. The molecular formula is C25H23NO5S. The Labute approximate surface area is 187 Å². The number of benzene rings is 3. The molecule has 3 aromatic carbocycles. The Morgan fingerprint density at radius 2 is 1.84 bits per heavy atom. The Morgan fingerprint density at radius 1 is 1.09 bits per heavy atom. The zero-order valence-electron chi connectivity index (χ0n) is 17.8. The van der Waals surface area contributed by atoms with Crippen molar-refractivity contribution in [2.24, 2.45) is 0 Å². The van der Waals surface area contributed by atoms with Crippen molar-refractivity contribution in [2.75, 3.05) is 0 Å². The van der Waals surface area contributed by atoms with Gasteiger partial charge in [-0.1, -0.05) is 37.6 Å². The summed E-state index contributed by atoms with van der Waals surface area (Å²) in [5.74, 6) is 0.126. The number of ketones is 1. The Morgan fingerprint density at radius 3 is 2.53 bits per heavy atom. The van der Waals surface area contributed by atoms with E-state index in [-0.39, 0.29) is 39.1 Å². The van der Waals surface area contributed by atoms with Gasteiger partial charge in [0.2, 0.25) is 9.84 Å². The number of phenols is 1. The lowest BCUT2D eigenvalue weighted by molar-refractivity contribution is 0.101. The first kappa shape index (κ1) is 23.0. The molecule has 0 spiro atoms. The van der Waals surface area contributed by atoms with Crippen molar-refractivity contribution in [1.82, 2.24) is 0 Å². The average Bonchev–Trinajstić information content (AvgIpc) is 2.79. The number of carbonyl (C=O) groups is 1. The van der Waals surface area contributed by atoms with Crippen molar-refractivity contribution in [3.05, 3.63) is 82.9 Å². The van der Waals surface area contributed by atoms with E-state index in [1.54, 1.807) is 30.3 Å². The smallest absolute Gasteiger partial charge is 0.207 e. The molecule has 6 nitrogen and oxygen atoms in total. The number of ether oxygens (including phenoxy) is 1. The summed E-state index contributed by atoms with van der Waals surface area (Å²) in [6, 6.07) is 17.5. The van der Waals surface area contributed by atoms with Crippen LogP contribution in [0.2, 0.25) is 0 Å². The van der Waals surface area contributed by atoms with E-state index < -0.39 is 9.84 Å². The number of hydrogen-bond acceptors (Lipinski definition) is 6. The number of hydrogen-bond donors (Lipinski definition) is 1. The summed E-state index contributed by atoms with van der Waals surface area (Å²) in [4.78, 5) is 11.7. The van der Waals surface area contributed by atoms with Crippen molar-refractivity contribution in [2.45, 2.75) is 43.1 Å². The van der Waals surface area contributed by atoms with Crippen LogP contribution in [0.3, 0.4) is 0 Å². The SMILES string of the molecule is CCCc1c(OCc2cccc(S(=O)(=O)c3ccccc3C#N)c2)ccc(C(C)=O)c1O. The predicted molar refractivity (Wildman–Crippen MR) is 119 cm³/mol. The zero-order valence-corrected chi connectivity index (χ0v) is 18.6. The second-order valence-corrected chi connectivity index (χ2v) is 9.21. The number of rotatable bonds is 8. The Kier molecular flexibility index (Phi) is 6.96. The normalized spacial score (nSPS) is 11.0. The van der Waals surface area contributed by atoms with Crippen LogP contribution in [0.5, 0.6) is 11.5 Å². The monoisotopic (exact) mass is 449 g/mol. The average molecular weight is 450 g/mol. The van der Waals surface area contributed by atoms with Crippen LogP contribution in [-0.4, -0.2) is 19.3 Å². The number of aromatic hydroxyl groups is 1. The number of phenolic OH excluding ortho intramolecular Hbond substituents is 1. The fourth-order valence-electron chi connectivity index (χ4n) is 3.41. The van der Waals surface area contributed by atoms with Crippen LogP contribution in [0.4, 0.5) is 0 Å². The number of carbonyl (C=O) groups excluding carboxylic acids is 1. The molecule has 3 rings (SSSR count). The van der Waals surface area contributed by atoms with Crippen molar-refractivity contribution in [3.8, 4) is 17.6 Å². The van der Waals surface area contributed by atoms with E-state index in [4.69, 9.17) is 4.74 Å². The van der Waals surface area contributed by atoms with Crippen LogP contribution in [-0.2, 0) is 22.9 Å². The molecule has 0 saturated heterocycles. The van der Waals surface area contributed by atoms with Gasteiger partial charge in [-0.2, -0.15) is 5.26 Å². The van der Waals surface area contributed by atoms with E-state index in [0.717, 1.165) is 6.42 Å². The minimum Gasteiger partial charge on any atom is -0.507 e. The first-order valence-electron chi connectivity index (χ1n) is 10.1. The summed E-state index contributed by atoms with van der Waals surface area (Å²) in [7, 11) is -3.88. The molecule has 0 unspecified atom stereocenters. The fourth-order valence-corrected chi connectivity index (χ4v) is 4.89. The maximum atomic E-state index is 13.1. The summed E-state index contributed by atoms with van der Waals surface area (Å²) in [6.45, 7) is 3.41. The molecule has 32 heavy (non-hydrogen) atoms. The molecule has 0 atom stereocenters. The Balaban J connectivity index is 1.90. The first-order chi connectivity index (χ1) is 15.3. The highest BCUT2D eigenvalue weighted by molar-refractivity contribution is 7.91. The lowest BCUT2D eigenvalue weighted by Crippen LogP contribution is -2.06. The third-order valence-electron chi connectivity index (χ3n) is 5.02. The lowest BCUT2D eigenvalue weighted by Gasteiger charge is -2.15. The van der Waals surface area contributed by atoms with E-state index in [2.05, 4.69) is 0 Å². The second kappa shape index (κ2) is 9.67. The molecule has 0 aromatic heterocycles. The van der Waals surface area contributed by atoms with Gasteiger partial charge < -0.3 is 9.84 Å². The van der Waals surface area contributed by atoms with Gasteiger partial charge in [0.1, 0.15) is 24.2 Å². The van der Waals surface area contributed by atoms with Crippen LogP contribution in [0.15, 0.2) is 70.5 Å². The predicted octanol–water partition coefficient (Wildman–Crippen LogP) is 4.83. The molecule has 0 radical (unpaired) electrons. The maximum Gasteiger partial charge on any atom is 0.207 e. The highest BCUT2D eigenvalue weighted by Gasteiger charge is 2.22. The third-order valence-corrected chi connectivity index (χ3v) is 6.83. The van der Waals surface area contributed by atoms with Crippen molar-refractivity contribution in [3.63, 3.8) is 0 Å². The van der Waals surface area contributed by atoms with Crippen molar-refractivity contribution < 1.29 is 23.1 Å². The van der Waals surface area contributed by atoms with Crippen LogP contribution in [0.1, 0.15) is 47.3 Å². The van der Waals surface area contributed by atoms with Crippen LogP contribution >= 0.6 is 0 Å². The summed E-state index contributed by atoms with van der Waals surface area (Å²) < 4.78 is 32.0. The maximum absolute atomic E-state index is 13.1. The summed E-state index contributed by atoms with van der Waals surface area (Å²) in [5, 5.41) is 19.8. The molecule has 0 aliphatic rings. The molecule has 7 heteroatoms. The van der Waals surface area contributed by atoms with Crippen molar-refractivity contribution >= 4 is 15.6 Å². The molecule has 3 aromatic rings. The molecule has 1 N–H and O–H groups in total. The Bertz CT molecular complexity index is 1310. The molecule has 0 bridgehead atoms. The highest BCUT2D eigenvalue weighted by atomic mass is 32.2. The van der Waals surface area contributed by atoms with Gasteiger partial charge in [-0.05, 0) is 55.3 Å². The number of Topliss-reactive ketones (excluding diaryl/α,β-unsaturated/α-hetero) is 1. The first-order valence-corrected chi connectivity index (χ1v) is 11.6. The summed E-state index contributed by atoms with van der Waals surface area (Å²) >= 11 is 0. The van der Waals surface area contributed by atoms with Gasteiger partial charge in [0, 0.05) is 5.56 Å². The second-order valence-electron chi connectivity index (χ2n) is 7.29. The molecule has 0 saturated carbocycles. The minimum atomic E-state index is -3.88. The molecular weight excluding hydrogens is 426 g/mol. The van der Waals surface area contributed by atoms with Crippen LogP contribution in [0, 0.1) is 11.3 Å². The standard InChI is InChI=1S/C25H23NO5S/c1-3-7-22-23(13-12-21(17(2)27)25(22)28)31-16-18-8-6-10-20(14-18)32(29,30)24-11-5-4-9-19(24)15-26/h4-6,8-14,28H,3,7,16H2,1-2H3. The molecule has 0 fully saturated rings. The highest BCUT2D eigenvalue weighted by Crippen LogP contribution is 2.33. The largest absolute Gasteiger partial charge is 0.507 e. The number of sulfone groups is 1. The topological polar surface area (TPSA) is 104 Å². The van der Waals surface area contributed by atoms with Gasteiger partial charge in [-0.3, -0.25) is 4.79 Å². The van der Waals surface area contributed by atoms with Crippen LogP contribution in [0.25, 0.3) is 0 Å². The van der Waals surface area contributed by atoms with Gasteiger partial charge >= 0.3 is 0 Å². The lowest BCUT2D eigenvalue weighted by atomic mass is 10.0. The minimum absolute atomic E-state index is 0.0458. The zero-order chi connectivity index (χ0) is 23.3. The molecule has 0 aliphatic carbocycles. The summed E-state index contributed by atoms with van der Waals surface area (Å²) in [6.07, 6.45) is 1.28. The number of nitriles is 1. The van der Waals surface area contributed by atoms with E-state index in [1.165, 1.54) is 37.3 Å². The van der Waals surface area contributed by atoms with Gasteiger partial charge in [0.05, 0.1) is 20.9 Å². The number of nitrogens with zero attached hydrogens (tertiary/aromatic N) is 1. The molecule has 164 valence electrons. The van der Waals surface area contributed by atoms with Crippen LogP contribution < -0.4 is 4.74 Å². The quantitative estimate of drug-likeness (QED) is 0.494. The van der Waals surface area contributed by atoms with E-state index in [1.807, 2.05) is 13.0 Å². The van der Waals surface area contributed by atoms with Gasteiger partial charge in [-0.15, -0.1) is 0 Å². The molecule has 0 amide bonds. The van der Waals surface area contributed by atoms with Gasteiger partial charge in [-0.25, -0.2) is 8.42 Å². The van der Waals surface area contributed by atoms with Gasteiger partial charge in [0.25, 0.3) is 0 Å². The molecule has 0 aliphatic heterocycles. The van der Waals surface area contributed by atoms with E-state index in [0.29, 0.717) is 23.3 Å². The van der Waals surface area contributed by atoms with Crippen molar-refractivity contribution in [1.29, 1.82) is 5.26 Å². The van der Waals surface area contributed by atoms with E-state index >= 15 is 0 Å². The fraction of sp³-hybridized carbons (Fsp3) is 0.200. The van der Waals surface area contributed by atoms with E-state index in [9.17, 15) is 23.6 Å². The molecule has 0 heterocycles. The summed E-state index contributed by atoms with van der Waals surface area (Å²) in [5.41, 5.74) is 1.48.